The van der Waals surface area contributed by atoms with Crippen molar-refractivity contribution in [1.29, 1.82) is 0 Å². The van der Waals surface area contributed by atoms with Crippen LogP contribution in [0.1, 0.15) is 172 Å². The van der Waals surface area contributed by atoms with Gasteiger partial charge in [0.15, 0.2) is 11.5 Å². The summed E-state index contributed by atoms with van der Waals surface area (Å²) < 4.78 is 88.8. The van der Waals surface area contributed by atoms with Gasteiger partial charge in [-0.05, 0) is 170 Å². The number of carbonyl (C=O) groups is 6. The first-order valence-electron chi connectivity index (χ1n) is 43.2. The highest BCUT2D eigenvalue weighted by Gasteiger charge is 2.38. The molecule has 0 aliphatic rings. The number of aliphatic hydroxyl groups is 1. The van der Waals surface area contributed by atoms with Crippen molar-refractivity contribution < 1.29 is 60.2 Å². The summed E-state index contributed by atoms with van der Waals surface area (Å²) in [7, 11) is 22.3. The van der Waals surface area contributed by atoms with Gasteiger partial charge in [0.05, 0.1) is 121 Å². The minimum Gasteiger partial charge on any atom is -0.394 e. The number of halogens is 6. The lowest BCUT2D eigenvalue weighted by Gasteiger charge is -2.09. The number of hydrogen-bond acceptors (Lipinski definition) is 20. The summed E-state index contributed by atoms with van der Waals surface area (Å²) in [6, 6.07) is 56.5. The number of aliphatic hydroxyl groups excluding tert-OH is 1. The number of aryl methyl sites for hydroxylation is 3. The number of carbonyl (C=O) groups excluding carboxylic acids is 6. The molecule has 0 aliphatic carbocycles. The molecular weight excluding hydrogens is 1830 g/mol. The molecule has 0 fully saturated rings. The third-order valence-electron chi connectivity index (χ3n) is 20.2. The van der Waals surface area contributed by atoms with Crippen molar-refractivity contribution in [3.63, 3.8) is 0 Å². The molecule has 6 amide bonds. The Hall–Kier alpha value is -13.7. The molecule has 2 aromatic carbocycles. The molecule has 1 N–H and O–H groups in total. The van der Waals surface area contributed by atoms with Crippen molar-refractivity contribution in [3.8, 4) is 76.3 Å². The number of nitrogens with zero attached hydrogens (tertiary/aromatic N) is 21. The maximum atomic E-state index is 13.4. The van der Waals surface area contributed by atoms with Gasteiger partial charge in [-0.2, -0.15) is 56.9 Å². The zero-order valence-corrected chi connectivity index (χ0v) is 82.9. The number of pyridine rings is 3. The maximum absolute atomic E-state index is 13.4. The average molecular weight is 1940 g/mol. The second kappa shape index (κ2) is 46.5. The number of thiophene rings is 4. The first-order valence-corrected chi connectivity index (χ1v) is 46.5. The first-order chi connectivity index (χ1) is 64.3. The second-order valence-corrected chi connectivity index (χ2v) is 37.7. The molecule has 716 valence electrons. The van der Waals surface area contributed by atoms with Crippen LogP contribution in [-0.4, -0.2) is 235 Å². The van der Waals surface area contributed by atoms with Gasteiger partial charge in [0, 0.05) is 128 Å². The highest BCUT2D eigenvalue weighted by Crippen LogP contribution is 2.39. The van der Waals surface area contributed by atoms with E-state index in [4.69, 9.17) is 5.10 Å². The van der Waals surface area contributed by atoms with E-state index in [9.17, 15) is 60.2 Å². The van der Waals surface area contributed by atoms with Gasteiger partial charge in [-0.3, -0.25) is 57.5 Å². The van der Waals surface area contributed by atoms with Crippen LogP contribution in [0, 0.1) is 6.92 Å². The lowest BCUT2D eigenvalue weighted by atomic mass is 10.1. The number of rotatable bonds is 23. The van der Waals surface area contributed by atoms with E-state index < -0.39 is 23.7 Å². The largest absolute Gasteiger partial charge is 0.433 e. The lowest BCUT2D eigenvalue weighted by Crippen LogP contribution is -2.22. The van der Waals surface area contributed by atoms with Crippen LogP contribution in [-0.2, 0) is 39.0 Å². The smallest absolute Gasteiger partial charge is 0.394 e. The van der Waals surface area contributed by atoms with Crippen LogP contribution in [0.2, 0.25) is 0 Å². The number of para-hydroxylation sites is 1. The Morgan fingerprint density at radius 1 is 0.382 bits per heavy atom. The van der Waals surface area contributed by atoms with Gasteiger partial charge in [0.1, 0.15) is 17.1 Å². The first kappa shape index (κ1) is 104. The summed E-state index contributed by atoms with van der Waals surface area (Å²) in [5.74, 6) is 0.554. The predicted octanol–water partition coefficient (Wildman–Crippen LogP) is 19.6. The zero-order chi connectivity index (χ0) is 99.5. The SMILES string of the molecule is CC(C)c1cc(-c2ccc(C(=O)N(C)C)s2)n(-c2ccccc2)n1.CC(C)c1cc(-c2ccc(C(=O)N(C)C)s2)n(C)n1.CC(C)c1cc(-c2ccc(C(=O)N(C)C)s2)n(CCO)n1.CCCn1nc(-c2ccnc(C(=O)N(C)C)c2)cc1C(F)(F)F.CN(C)C(=O)c1cc(-c2cc(C(F)(F)F)n(-c3ccccn3)n2)ccn1.Cc1cc(-c2ccc(C(=O)N(C)C)s2)n(Cc2ccccc2)n1. The Labute approximate surface area is 802 Å². The molecule has 0 unspecified atom stereocenters. The van der Waals surface area contributed by atoms with E-state index in [1.165, 1.54) is 110 Å². The molecule has 0 aliphatic heterocycles. The van der Waals surface area contributed by atoms with E-state index in [0.29, 0.717) is 46.7 Å². The van der Waals surface area contributed by atoms with E-state index >= 15 is 0 Å². The minimum absolute atomic E-state index is 0.00329. The molecular formula is C98H111F6N21O7S4. The number of aromatic nitrogens is 15. The topological polar surface area (TPSA) is 288 Å². The fourth-order valence-electron chi connectivity index (χ4n) is 13.1. The summed E-state index contributed by atoms with van der Waals surface area (Å²) in [5, 5.41) is 35.7. The van der Waals surface area contributed by atoms with Crippen molar-refractivity contribution in [1.82, 2.24) is 103 Å². The third kappa shape index (κ3) is 26.9. The summed E-state index contributed by atoms with van der Waals surface area (Å²) in [5.41, 5.74) is 9.94. The van der Waals surface area contributed by atoms with E-state index in [0.717, 1.165) is 113 Å². The van der Waals surface area contributed by atoms with E-state index in [2.05, 4.69) is 112 Å². The quantitative estimate of drug-likeness (QED) is 0.0582. The molecule has 15 aromatic rings. The molecule has 28 nitrogen and oxygen atoms in total. The van der Waals surface area contributed by atoms with Crippen LogP contribution < -0.4 is 0 Å². The minimum atomic E-state index is -4.61. The van der Waals surface area contributed by atoms with Gasteiger partial charge in [-0.1, -0.05) is 103 Å². The molecule has 0 spiro atoms. The van der Waals surface area contributed by atoms with Gasteiger partial charge in [0.25, 0.3) is 35.4 Å². The van der Waals surface area contributed by atoms with Crippen LogP contribution in [0.5, 0.6) is 0 Å². The molecule has 38 heteroatoms. The van der Waals surface area contributed by atoms with Gasteiger partial charge < -0.3 is 34.5 Å². The van der Waals surface area contributed by atoms with E-state index in [1.54, 1.807) is 123 Å². The molecule has 13 heterocycles. The van der Waals surface area contributed by atoms with Crippen molar-refractivity contribution in [2.75, 3.05) is 91.2 Å². The van der Waals surface area contributed by atoms with Gasteiger partial charge in [-0.25, -0.2) is 14.3 Å². The fraction of sp³-hybridized carbons (Fsp3) is 0.316. The Morgan fingerprint density at radius 3 is 1.21 bits per heavy atom. The normalized spacial score (nSPS) is 11.2. The fourth-order valence-corrected chi connectivity index (χ4v) is 17.3. The van der Waals surface area contributed by atoms with Crippen molar-refractivity contribution in [2.45, 2.75) is 112 Å². The molecule has 0 saturated carbocycles. The Morgan fingerprint density at radius 2 is 0.787 bits per heavy atom. The number of benzene rings is 2. The Bertz CT molecular complexity index is 6540. The zero-order valence-electron chi connectivity index (χ0n) is 79.6. The molecule has 13 aromatic heterocycles. The van der Waals surface area contributed by atoms with Gasteiger partial charge >= 0.3 is 12.4 Å². The van der Waals surface area contributed by atoms with E-state index in [1.807, 2.05) is 136 Å². The van der Waals surface area contributed by atoms with Crippen molar-refractivity contribution >= 4 is 80.8 Å². The summed E-state index contributed by atoms with van der Waals surface area (Å²) >= 11 is 5.98. The summed E-state index contributed by atoms with van der Waals surface area (Å²) in [6.07, 6.45) is -4.42. The molecule has 136 heavy (non-hydrogen) atoms. The standard InChI is InChI=1S/C19H21N3OS.C18H19N3OS.C17H14F3N5O.C15H17F3N4O.C15H21N3O2S.C14H19N3OS/c1-13(2)15-12-16(22(20-15)14-8-6-5-7-9-14)17-10-11-18(24-17)19(23)21(3)4;1-13-11-15(16-9-10-17(23-16)18(22)20(2)3)21(19-13)12-14-7-5-4-6-8-14;1-24(2)16(26)13-9-11(6-8-21-13)12-10-14(17(18,19)20)25(23-12)15-5-3-4-7-22-15;1-4-7-22-13(15(16,17)18)9-11(20-22)10-5-6-19-12(8-10)14(23)21(2)3;1-10(2)11-9-12(18(16-11)7-8-19)13-5-6-14(21-13)15(20)17(3)4;1-9(2)10-8-11(17(5)15-10)12-6-7-13(19-12)14(18)16(3)4/h5-13H,1-4H3;4-11H,12H2,1-3H3;3-10H,1-2H3;5-6,8-9H,4,7H2,1-3H3;5-6,9-10,19H,7-8H2,1-4H3;6-9H,1-5H3. The van der Waals surface area contributed by atoms with E-state index in [-0.39, 0.29) is 77.2 Å². The number of hydrogen-bond donors (Lipinski definition) is 1. The highest BCUT2D eigenvalue weighted by molar-refractivity contribution is 7.18. The van der Waals surface area contributed by atoms with Crippen LogP contribution in [0.15, 0.2) is 207 Å². The van der Waals surface area contributed by atoms with Crippen molar-refractivity contribution in [3.05, 3.63) is 277 Å². The highest BCUT2D eigenvalue weighted by atomic mass is 32.1. The molecule has 0 radical (unpaired) electrons. The number of alkyl halides is 6. The monoisotopic (exact) mass is 1940 g/mol. The maximum Gasteiger partial charge on any atom is 0.433 e. The van der Waals surface area contributed by atoms with Crippen LogP contribution in [0.3, 0.4) is 0 Å². The van der Waals surface area contributed by atoms with Crippen LogP contribution >= 0.6 is 45.3 Å². The Balaban J connectivity index is 0.000000169. The summed E-state index contributed by atoms with van der Waals surface area (Å²) in [4.78, 5) is 100. The lowest BCUT2D eigenvalue weighted by molar-refractivity contribution is -0.144. The molecule has 0 saturated heterocycles. The van der Waals surface area contributed by atoms with Crippen LogP contribution in [0.4, 0.5) is 26.3 Å². The predicted molar refractivity (Wildman–Crippen MR) is 523 cm³/mol. The molecule has 15 rings (SSSR count). The molecule has 0 bridgehead atoms. The van der Waals surface area contributed by atoms with Crippen molar-refractivity contribution in [2.24, 2.45) is 7.05 Å². The molecule has 0 atom stereocenters. The summed E-state index contributed by atoms with van der Waals surface area (Å²) in [6.45, 7) is 17.9. The number of amides is 6. The van der Waals surface area contributed by atoms with Gasteiger partial charge in [0.2, 0.25) is 0 Å². The Kier molecular flexibility index (Phi) is 35.7. The average Bonchev–Trinajstić information content (AvgIpc) is 1.63. The van der Waals surface area contributed by atoms with Crippen LogP contribution in [0.25, 0.3) is 76.3 Å². The van der Waals surface area contributed by atoms with Gasteiger partial charge in [-0.15, -0.1) is 45.3 Å². The second-order valence-electron chi connectivity index (χ2n) is 33.3. The third-order valence-corrected chi connectivity index (χ3v) is 24.6.